The highest BCUT2D eigenvalue weighted by molar-refractivity contribution is 6.00. The predicted octanol–water partition coefficient (Wildman–Crippen LogP) is 7.53. The van der Waals surface area contributed by atoms with E-state index in [4.69, 9.17) is 0 Å². The molecule has 3 aromatic carbocycles. The fraction of sp³-hybridized carbons (Fsp3) is 0.344. The molecule has 3 aromatic rings. The van der Waals surface area contributed by atoms with Crippen molar-refractivity contribution in [2.24, 2.45) is 5.92 Å². The van der Waals surface area contributed by atoms with E-state index in [1.165, 1.54) is 17.7 Å². The molecule has 1 saturated heterocycles. The van der Waals surface area contributed by atoms with Crippen LogP contribution in [0.3, 0.4) is 0 Å². The van der Waals surface area contributed by atoms with Crippen LogP contribution in [0.25, 0.3) is 11.1 Å². The van der Waals surface area contributed by atoms with Gasteiger partial charge in [-0.2, -0.15) is 13.2 Å². The third kappa shape index (κ3) is 6.09. The van der Waals surface area contributed by atoms with Crippen LogP contribution in [-0.4, -0.2) is 42.3 Å². The zero-order chi connectivity index (χ0) is 27.6. The van der Waals surface area contributed by atoms with Crippen LogP contribution < -0.4 is 0 Å². The lowest BCUT2D eigenvalue weighted by atomic mass is 9.86. The monoisotopic (exact) mass is 537 g/mol. The lowest BCUT2D eigenvalue weighted by molar-refractivity contribution is -0.137. The van der Waals surface area contributed by atoms with Crippen LogP contribution in [0.2, 0.25) is 0 Å². The molecule has 0 atom stereocenters. The second kappa shape index (κ2) is 11.3. The van der Waals surface area contributed by atoms with Gasteiger partial charge in [0.05, 0.1) is 17.8 Å². The number of nitrogens with zero attached hydrogens (tertiary/aromatic N) is 1. The Hall–Kier alpha value is -3.45. The number of halogens is 4. The van der Waals surface area contributed by atoms with Crippen molar-refractivity contribution < 1.29 is 27.5 Å². The zero-order valence-corrected chi connectivity index (χ0v) is 21.6. The normalized spacial score (nSPS) is 16.5. The molecular weight excluding hydrogens is 506 g/mol. The Bertz CT molecular complexity index is 1370. The number of allylic oxidation sites excluding steroid dienone is 1. The molecule has 39 heavy (non-hydrogen) atoms. The zero-order valence-electron chi connectivity index (χ0n) is 21.6. The van der Waals surface area contributed by atoms with Crippen LogP contribution >= 0.6 is 0 Å². The summed E-state index contributed by atoms with van der Waals surface area (Å²) in [6.07, 6.45) is -1.04. The third-order valence-corrected chi connectivity index (χ3v) is 7.74. The van der Waals surface area contributed by atoms with Crippen molar-refractivity contribution in [1.82, 2.24) is 4.90 Å². The first kappa shape index (κ1) is 27.1. The van der Waals surface area contributed by atoms with Gasteiger partial charge in [0.1, 0.15) is 0 Å². The number of aryl methyl sites for hydroxylation is 1. The SMILES string of the molecule is O=C(O)c1ccc2c(c1)CCCC(c1cccc(C(F)(F)F)c1)=C2c1ccc(CC2CN(CCCF)C2)cc1. The Morgan fingerprint density at radius 3 is 2.41 bits per heavy atom. The van der Waals surface area contributed by atoms with Crippen LogP contribution in [0, 0.1) is 5.92 Å². The predicted molar refractivity (Wildman–Crippen MR) is 144 cm³/mol. The number of likely N-dealkylation sites (tertiary alicyclic amines) is 1. The fourth-order valence-corrected chi connectivity index (χ4v) is 5.83. The van der Waals surface area contributed by atoms with E-state index in [0.29, 0.717) is 37.2 Å². The van der Waals surface area contributed by atoms with E-state index >= 15 is 0 Å². The summed E-state index contributed by atoms with van der Waals surface area (Å²) >= 11 is 0. The van der Waals surface area contributed by atoms with Crippen LogP contribution in [0.4, 0.5) is 17.6 Å². The minimum atomic E-state index is -4.44. The highest BCUT2D eigenvalue weighted by Crippen LogP contribution is 2.41. The van der Waals surface area contributed by atoms with Gasteiger partial charge in [-0.05, 0) is 101 Å². The number of fused-ring (bicyclic) bond motifs is 1. The molecule has 0 bridgehead atoms. The molecule has 1 N–H and O–H groups in total. The standard InChI is InChI=1S/C32H31F4NO2/c33-14-3-15-37-19-22(20-37)16-21-8-10-23(11-9-21)30-28(25-4-1-6-27(18-25)32(34,35)36)7-2-5-24-17-26(31(38)39)12-13-29(24)30/h1,4,6,8-13,17-18,22H,2-3,5,7,14-16,19-20H2,(H,38,39). The van der Waals surface area contributed by atoms with Gasteiger partial charge in [0.2, 0.25) is 0 Å². The summed E-state index contributed by atoms with van der Waals surface area (Å²) in [5, 5.41) is 9.52. The molecule has 0 radical (unpaired) electrons. The number of hydrogen-bond acceptors (Lipinski definition) is 2. The Morgan fingerprint density at radius 1 is 0.949 bits per heavy atom. The molecule has 0 saturated carbocycles. The Labute approximate surface area is 225 Å². The minimum Gasteiger partial charge on any atom is -0.478 e. The van der Waals surface area contributed by atoms with Crippen molar-refractivity contribution in [1.29, 1.82) is 0 Å². The Balaban J connectivity index is 1.52. The molecule has 0 aromatic heterocycles. The number of carbonyl (C=O) groups is 1. The van der Waals surface area contributed by atoms with Crippen molar-refractivity contribution in [3.8, 4) is 0 Å². The number of carboxylic acid groups (broad SMARTS) is 1. The van der Waals surface area contributed by atoms with E-state index in [9.17, 15) is 27.5 Å². The van der Waals surface area contributed by atoms with Crippen molar-refractivity contribution in [3.63, 3.8) is 0 Å². The molecule has 7 heteroatoms. The maximum absolute atomic E-state index is 13.6. The van der Waals surface area contributed by atoms with Gasteiger partial charge in [0.15, 0.2) is 0 Å². The molecule has 204 valence electrons. The molecule has 1 heterocycles. The van der Waals surface area contributed by atoms with Gasteiger partial charge in [0, 0.05) is 19.6 Å². The van der Waals surface area contributed by atoms with Gasteiger partial charge >= 0.3 is 12.1 Å². The van der Waals surface area contributed by atoms with E-state index in [2.05, 4.69) is 17.0 Å². The quantitative estimate of drug-likeness (QED) is 0.302. The molecule has 1 fully saturated rings. The van der Waals surface area contributed by atoms with E-state index < -0.39 is 17.7 Å². The molecule has 3 nitrogen and oxygen atoms in total. The summed E-state index contributed by atoms with van der Waals surface area (Å²) in [5.41, 5.74) is 5.56. The van der Waals surface area contributed by atoms with Crippen molar-refractivity contribution >= 4 is 17.1 Å². The highest BCUT2D eigenvalue weighted by Gasteiger charge is 2.31. The molecule has 2 aliphatic rings. The molecule has 1 aliphatic carbocycles. The maximum atomic E-state index is 13.6. The van der Waals surface area contributed by atoms with Crippen LogP contribution in [0.1, 0.15) is 63.0 Å². The number of aromatic carboxylic acids is 1. The first-order valence-corrected chi connectivity index (χ1v) is 13.4. The molecule has 0 spiro atoms. The maximum Gasteiger partial charge on any atom is 0.416 e. The molecule has 0 unspecified atom stereocenters. The van der Waals surface area contributed by atoms with Gasteiger partial charge in [-0.3, -0.25) is 4.39 Å². The van der Waals surface area contributed by atoms with Crippen molar-refractivity contribution in [3.05, 3.63) is 106 Å². The number of hydrogen-bond donors (Lipinski definition) is 1. The van der Waals surface area contributed by atoms with Gasteiger partial charge in [-0.15, -0.1) is 0 Å². The molecule has 0 amide bonds. The topological polar surface area (TPSA) is 40.5 Å². The number of carboxylic acids is 1. The van der Waals surface area contributed by atoms with E-state index in [1.807, 2.05) is 12.1 Å². The summed E-state index contributed by atoms with van der Waals surface area (Å²) in [5.74, 6) is -0.474. The molecule has 5 rings (SSSR count). The van der Waals surface area contributed by atoms with E-state index in [0.717, 1.165) is 60.0 Å². The largest absolute Gasteiger partial charge is 0.478 e. The van der Waals surface area contributed by atoms with Gasteiger partial charge in [-0.1, -0.05) is 42.5 Å². The molecular formula is C32H31F4NO2. The fourth-order valence-electron chi connectivity index (χ4n) is 5.83. The Morgan fingerprint density at radius 2 is 1.72 bits per heavy atom. The summed E-state index contributed by atoms with van der Waals surface area (Å²) < 4.78 is 53.1. The first-order valence-electron chi connectivity index (χ1n) is 13.4. The smallest absolute Gasteiger partial charge is 0.416 e. The lowest BCUT2D eigenvalue weighted by Crippen LogP contribution is -2.47. The second-order valence-electron chi connectivity index (χ2n) is 10.5. The summed E-state index contributed by atoms with van der Waals surface area (Å²) in [7, 11) is 0. The van der Waals surface area contributed by atoms with Crippen LogP contribution in [0.5, 0.6) is 0 Å². The first-order chi connectivity index (χ1) is 18.7. The van der Waals surface area contributed by atoms with Crippen molar-refractivity contribution in [2.75, 3.05) is 26.3 Å². The minimum absolute atomic E-state index is 0.201. The number of rotatable bonds is 8. The van der Waals surface area contributed by atoms with Gasteiger partial charge in [0.25, 0.3) is 0 Å². The number of alkyl halides is 4. The van der Waals surface area contributed by atoms with Gasteiger partial charge < -0.3 is 10.0 Å². The van der Waals surface area contributed by atoms with Gasteiger partial charge in [-0.25, -0.2) is 4.79 Å². The third-order valence-electron chi connectivity index (χ3n) is 7.74. The second-order valence-corrected chi connectivity index (χ2v) is 10.5. The van der Waals surface area contributed by atoms with Crippen molar-refractivity contribution in [2.45, 2.75) is 38.3 Å². The van der Waals surface area contributed by atoms with E-state index in [1.54, 1.807) is 24.3 Å². The summed E-state index contributed by atoms with van der Waals surface area (Å²) in [6, 6.07) is 18.7. The lowest BCUT2D eigenvalue weighted by Gasteiger charge is -2.39. The van der Waals surface area contributed by atoms with Crippen LogP contribution in [0.15, 0.2) is 66.7 Å². The summed E-state index contributed by atoms with van der Waals surface area (Å²) in [6.45, 7) is 2.43. The van der Waals surface area contributed by atoms with Crippen LogP contribution in [-0.2, 0) is 19.0 Å². The molecule has 1 aliphatic heterocycles. The average molecular weight is 538 g/mol. The van der Waals surface area contributed by atoms with E-state index in [-0.39, 0.29) is 12.2 Å². The number of benzene rings is 3. The Kier molecular flexibility index (Phi) is 7.89. The highest BCUT2D eigenvalue weighted by atomic mass is 19.4. The average Bonchev–Trinajstić information content (AvgIpc) is 3.09. The summed E-state index contributed by atoms with van der Waals surface area (Å²) in [4.78, 5) is 13.9.